The molecule has 7 N–H and O–H groups in total. The maximum atomic E-state index is 13.6. The predicted molar refractivity (Wildman–Crippen MR) is 119 cm³/mol. The second kappa shape index (κ2) is 11.2. The molecule has 34 heavy (non-hydrogen) atoms. The van der Waals surface area contributed by atoms with Gasteiger partial charge in [0.25, 0.3) is 0 Å². The molecule has 186 valence electrons. The number of nitrogens with one attached hydrogen (secondary N) is 2. The van der Waals surface area contributed by atoms with Gasteiger partial charge in [0.15, 0.2) is 22.9 Å². The van der Waals surface area contributed by atoms with Crippen LogP contribution in [-0.2, 0) is 15.5 Å². The first-order valence-corrected chi connectivity index (χ1v) is 11.6. The number of ether oxygens (including phenoxy) is 1. The molecule has 1 heterocycles. The molecule has 0 bridgehead atoms. The summed E-state index contributed by atoms with van der Waals surface area (Å²) in [5, 5.41) is 33.9. The van der Waals surface area contributed by atoms with E-state index in [2.05, 4.69) is 10.7 Å². The Bertz CT molecular complexity index is 1090. The maximum Gasteiger partial charge on any atom is 0.194 e. The van der Waals surface area contributed by atoms with E-state index < -0.39 is 64.6 Å². The molecule has 8 nitrogen and oxygen atoms in total. The summed E-state index contributed by atoms with van der Waals surface area (Å²) in [6, 6.07) is 4.23. The molecule has 2 aromatic carbocycles. The predicted octanol–water partition coefficient (Wildman–Crippen LogP) is 1.38. The topological polar surface area (TPSA) is 137 Å². The van der Waals surface area contributed by atoms with E-state index in [1.807, 2.05) is 0 Å². The van der Waals surface area contributed by atoms with Gasteiger partial charge in [-0.2, -0.15) is 0 Å². The quantitative estimate of drug-likeness (QED) is 0.176. The number of aliphatic hydroxyl groups is 3. The average Bonchev–Trinajstić information content (AvgIpc) is 2.81. The van der Waals surface area contributed by atoms with Crippen molar-refractivity contribution in [3.63, 3.8) is 0 Å². The first-order valence-electron chi connectivity index (χ1n) is 9.64. The lowest BCUT2D eigenvalue weighted by molar-refractivity contribution is -0.165. The molecule has 0 radical (unpaired) electrons. The fourth-order valence-electron chi connectivity index (χ4n) is 3.30. The normalized spacial score (nSPS) is 26.3. The van der Waals surface area contributed by atoms with Crippen LogP contribution in [0.3, 0.4) is 0 Å². The number of hydrazine groups is 1. The molecular weight excluding hydrogens is 522 g/mol. The highest BCUT2D eigenvalue weighted by Gasteiger charge is 2.46. The first kappa shape index (κ1) is 26.7. The summed E-state index contributed by atoms with van der Waals surface area (Å²) in [4.78, 5) is 0.169. The lowest BCUT2D eigenvalue weighted by Gasteiger charge is -2.42. The second-order valence-electron chi connectivity index (χ2n) is 7.23. The van der Waals surface area contributed by atoms with Gasteiger partial charge >= 0.3 is 0 Å². The minimum absolute atomic E-state index is 0.117. The summed E-state index contributed by atoms with van der Waals surface area (Å²) in [6.45, 7) is -0.679. The van der Waals surface area contributed by atoms with Crippen molar-refractivity contribution in [2.75, 3.05) is 6.61 Å². The van der Waals surface area contributed by atoms with Crippen molar-refractivity contribution in [1.82, 2.24) is 10.7 Å². The fraction of sp³-hybridized carbons (Fsp3) is 0.300. The summed E-state index contributed by atoms with van der Waals surface area (Å²) >= 11 is 11.8. The molecule has 1 aliphatic rings. The second-order valence-corrected chi connectivity index (χ2v) is 9.57. The third-order valence-corrected chi connectivity index (χ3v) is 7.36. The van der Waals surface area contributed by atoms with Crippen LogP contribution in [0, 0.1) is 17.5 Å². The zero-order valence-corrected chi connectivity index (χ0v) is 19.4. The Morgan fingerprint density at radius 1 is 1.12 bits per heavy atom. The minimum atomic E-state index is -2.02. The van der Waals surface area contributed by atoms with Gasteiger partial charge in [0.05, 0.1) is 39.2 Å². The summed E-state index contributed by atoms with van der Waals surface area (Å²) in [7, 11) is -2.02. The molecule has 2 aromatic rings. The van der Waals surface area contributed by atoms with E-state index in [0.717, 1.165) is 6.20 Å². The van der Waals surface area contributed by atoms with Crippen LogP contribution in [0.25, 0.3) is 5.70 Å². The Hall–Kier alpha value is -1.90. The highest BCUT2D eigenvalue weighted by atomic mass is 35.5. The van der Waals surface area contributed by atoms with Crippen LogP contribution in [0.5, 0.6) is 0 Å². The highest BCUT2D eigenvalue weighted by molar-refractivity contribution is 7.85. The molecule has 1 saturated heterocycles. The van der Waals surface area contributed by atoms with E-state index in [1.54, 1.807) is 0 Å². The molecule has 14 heteroatoms. The van der Waals surface area contributed by atoms with Gasteiger partial charge in [-0.25, -0.2) is 13.2 Å². The molecule has 0 aromatic heterocycles. The molecule has 0 spiro atoms. The number of benzene rings is 2. The Morgan fingerprint density at radius 3 is 2.32 bits per heavy atom. The van der Waals surface area contributed by atoms with E-state index in [9.17, 15) is 32.7 Å². The van der Waals surface area contributed by atoms with Crippen molar-refractivity contribution < 1.29 is 37.4 Å². The van der Waals surface area contributed by atoms with Gasteiger partial charge in [-0.15, -0.1) is 0 Å². The lowest BCUT2D eigenvalue weighted by Crippen LogP contribution is -2.63. The van der Waals surface area contributed by atoms with E-state index in [4.69, 9.17) is 33.8 Å². The lowest BCUT2D eigenvalue weighted by atomic mass is 9.97. The molecule has 4 unspecified atom stereocenters. The number of rotatable bonds is 7. The number of aliphatic hydroxyl groups excluding tert-OH is 3. The van der Waals surface area contributed by atoms with E-state index in [1.165, 1.54) is 18.2 Å². The summed E-state index contributed by atoms with van der Waals surface area (Å²) in [5.74, 6) is 0.819. The largest absolute Gasteiger partial charge is 0.394 e. The summed E-state index contributed by atoms with van der Waals surface area (Å²) in [5.41, 5.74) is 0.436. The van der Waals surface area contributed by atoms with Gasteiger partial charge in [0.2, 0.25) is 0 Å². The SMILES string of the molecule is NN/C(=C\NC1C(O)[C@@H](S(=O)c2ccc(Cl)c(Cl)c2)OC(CO)[C@@H]1O)c1cc(F)c(F)c(F)c1. The molecule has 1 aliphatic heterocycles. The molecule has 0 saturated carbocycles. The van der Waals surface area contributed by atoms with Crippen molar-refractivity contribution in [2.45, 2.75) is 34.7 Å². The van der Waals surface area contributed by atoms with E-state index in [-0.39, 0.29) is 26.2 Å². The van der Waals surface area contributed by atoms with Crippen molar-refractivity contribution in [3.8, 4) is 0 Å². The average molecular weight is 542 g/mol. The number of halogens is 5. The van der Waals surface area contributed by atoms with Crippen molar-refractivity contribution in [1.29, 1.82) is 0 Å². The van der Waals surface area contributed by atoms with Gasteiger partial charge in [0, 0.05) is 16.7 Å². The molecule has 0 aliphatic carbocycles. The monoisotopic (exact) mass is 541 g/mol. The van der Waals surface area contributed by atoms with Crippen LogP contribution < -0.4 is 16.6 Å². The third-order valence-electron chi connectivity index (χ3n) is 5.09. The maximum absolute atomic E-state index is 13.6. The molecule has 6 atom stereocenters. The minimum Gasteiger partial charge on any atom is -0.394 e. The number of nitrogens with two attached hydrogens (primary N) is 1. The summed E-state index contributed by atoms with van der Waals surface area (Å²) in [6.07, 6.45) is -3.28. The van der Waals surface area contributed by atoms with Crippen molar-refractivity contribution in [3.05, 3.63) is 69.6 Å². The van der Waals surface area contributed by atoms with Crippen molar-refractivity contribution in [2.24, 2.45) is 5.84 Å². The first-order chi connectivity index (χ1) is 16.1. The Balaban J connectivity index is 1.89. The van der Waals surface area contributed by atoms with Crippen LogP contribution in [0.4, 0.5) is 13.2 Å². The van der Waals surface area contributed by atoms with Crippen molar-refractivity contribution >= 4 is 39.7 Å². The zero-order chi connectivity index (χ0) is 25.2. The van der Waals surface area contributed by atoms with Gasteiger partial charge in [-0.1, -0.05) is 23.2 Å². The Kier molecular flexibility index (Phi) is 8.82. The van der Waals surface area contributed by atoms with Gasteiger partial charge < -0.3 is 30.8 Å². The standard InChI is InChI=1S/C20H20Cl2F3N3O5S/c21-10-2-1-9(5-11(10)22)34(32)20-19(31)17(18(30)15(7-29)33-20)27-6-14(28-26)8-3-12(23)16(25)13(24)4-8/h1-6,15,17-20,27-31H,7,26H2/b14-6-/t15?,17?,18-,19?,20+,34?/m0/s1. The van der Waals surface area contributed by atoms with E-state index >= 15 is 0 Å². The van der Waals surface area contributed by atoms with Crippen LogP contribution in [-0.4, -0.2) is 55.9 Å². The van der Waals surface area contributed by atoms with Gasteiger partial charge in [0.1, 0.15) is 18.3 Å². The van der Waals surface area contributed by atoms with Crippen LogP contribution in [0.15, 0.2) is 41.4 Å². The molecular formula is C20H20Cl2F3N3O5S. The highest BCUT2D eigenvalue weighted by Crippen LogP contribution is 2.30. The molecule has 0 amide bonds. The third kappa shape index (κ3) is 5.50. The molecule has 1 fully saturated rings. The number of hydrogen-bond acceptors (Lipinski definition) is 8. The van der Waals surface area contributed by atoms with Crippen LogP contribution >= 0.6 is 23.2 Å². The van der Waals surface area contributed by atoms with Gasteiger partial charge in [-0.05, 0) is 30.3 Å². The Morgan fingerprint density at radius 2 is 1.76 bits per heavy atom. The molecule has 3 rings (SSSR count). The zero-order valence-electron chi connectivity index (χ0n) is 17.1. The number of hydrogen-bond donors (Lipinski definition) is 6. The fourth-order valence-corrected chi connectivity index (χ4v) is 5.03. The van der Waals surface area contributed by atoms with Crippen LogP contribution in [0.1, 0.15) is 5.56 Å². The Labute approximate surface area is 204 Å². The van der Waals surface area contributed by atoms with Crippen LogP contribution in [0.2, 0.25) is 10.0 Å². The summed E-state index contributed by atoms with van der Waals surface area (Å²) < 4.78 is 59.0. The smallest absolute Gasteiger partial charge is 0.194 e. The van der Waals surface area contributed by atoms with Gasteiger partial charge in [-0.3, -0.25) is 10.1 Å². The van der Waals surface area contributed by atoms with E-state index in [0.29, 0.717) is 12.1 Å².